The highest BCUT2D eigenvalue weighted by atomic mass is 19.4. The lowest BCUT2D eigenvalue weighted by molar-refractivity contribution is -0.149. The van der Waals surface area contributed by atoms with E-state index in [1.807, 2.05) is 0 Å². The fraction of sp³-hybridized carbons (Fsp3) is 0.303. The number of carbonyl (C=O) groups excluding carboxylic acids is 1. The van der Waals surface area contributed by atoms with E-state index >= 15 is 0 Å². The smallest absolute Gasteiger partial charge is 0.416 e. The van der Waals surface area contributed by atoms with Crippen molar-refractivity contribution in [3.8, 4) is 28.7 Å². The van der Waals surface area contributed by atoms with Gasteiger partial charge >= 0.3 is 18.1 Å². The van der Waals surface area contributed by atoms with Crippen LogP contribution in [0.4, 0.5) is 13.2 Å². The maximum absolute atomic E-state index is 12.8. The Kier molecular flexibility index (Phi) is 10.5. The van der Waals surface area contributed by atoms with Crippen molar-refractivity contribution in [1.29, 1.82) is 0 Å². The number of aliphatic carboxylic acids is 1. The predicted molar refractivity (Wildman–Crippen MR) is 158 cm³/mol. The van der Waals surface area contributed by atoms with Crippen LogP contribution in [0.1, 0.15) is 54.5 Å². The summed E-state index contributed by atoms with van der Waals surface area (Å²) in [5, 5.41) is 9.11. The summed E-state index contributed by atoms with van der Waals surface area (Å²) in [6.07, 6.45) is -4.31. The first-order chi connectivity index (χ1) is 21.3. The second-order valence-electron chi connectivity index (χ2n) is 10.5. The van der Waals surface area contributed by atoms with Crippen LogP contribution >= 0.6 is 0 Å². The van der Waals surface area contributed by atoms with Crippen LogP contribution in [0.5, 0.6) is 17.2 Å². The van der Waals surface area contributed by atoms with Gasteiger partial charge < -0.3 is 29.5 Å². The van der Waals surface area contributed by atoms with Crippen LogP contribution in [0.15, 0.2) is 71.1 Å². The Hall–Kier alpha value is -4.84. The molecule has 12 heteroatoms. The number of benzene rings is 3. The molecule has 1 unspecified atom stereocenters. The molecule has 1 aromatic heterocycles. The van der Waals surface area contributed by atoms with E-state index in [2.05, 4.69) is 4.98 Å². The quantitative estimate of drug-likeness (QED) is 0.150. The van der Waals surface area contributed by atoms with E-state index in [0.29, 0.717) is 52.0 Å². The van der Waals surface area contributed by atoms with Crippen LogP contribution in [0, 0.1) is 6.92 Å². The highest BCUT2D eigenvalue weighted by Gasteiger charge is 2.30. The number of oxazole rings is 1. The van der Waals surface area contributed by atoms with Crippen LogP contribution in [-0.2, 0) is 33.3 Å². The lowest BCUT2D eigenvalue weighted by Gasteiger charge is -2.18. The number of carbonyl (C=O) groups is 2. The Morgan fingerprint density at radius 3 is 2.18 bits per heavy atom. The molecule has 3 N–H and O–H groups in total. The fourth-order valence-corrected chi connectivity index (χ4v) is 4.42. The molecule has 238 valence electrons. The normalized spacial score (nSPS) is 12.2. The average Bonchev–Trinajstić information content (AvgIpc) is 3.35. The molecular formula is C33H33F3N2O7. The van der Waals surface area contributed by atoms with E-state index in [1.54, 1.807) is 63.2 Å². The molecule has 45 heavy (non-hydrogen) atoms. The van der Waals surface area contributed by atoms with E-state index < -0.39 is 29.7 Å². The molecule has 0 fully saturated rings. The van der Waals surface area contributed by atoms with Crippen molar-refractivity contribution in [1.82, 2.24) is 4.98 Å². The molecule has 0 aliphatic rings. The van der Waals surface area contributed by atoms with Crippen molar-refractivity contribution >= 4 is 11.9 Å². The molecular weight excluding hydrogens is 593 g/mol. The number of halogens is 3. The molecule has 1 heterocycles. The lowest BCUT2D eigenvalue weighted by atomic mass is 9.97. The SMILES string of the molecule is Cc1oc(-c2ccc(Oc3ccc(C(F)(F)F)cc3)cc2)nc1CCOc1ccc(CCC(=O)O)c(C(N)C(=O)OC(C)C)c1. The second-order valence-corrected chi connectivity index (χ2v) is 10.5. The van der Waals surface area contributed by atoms with Crippen LogP contribution < -0.4 is 15.2 Å². The Balaban J connectivity index is 1.39. The summed E-state index contributed by atoms with van der Waals surface area (Å²) in [7, 11) is 0. The van der Waals surface area contributed by atoms with Gasteiger partial charge in [-0.3, -0.25) is 4.79 Å². The molecule has 0 aliphatic heterocycles. The number of aromatic nitrogens is 1. The summed E-state index contributed by atoms with van der Waals surface area (Å²) in [5.41, 5.74) is 7.83. The van der Waals surface area contributed by atoms with Crippen molar-refractivity contribution < 1.29 is 46.5 Å². The van der Waals surface area contributed by atoms with E-state index in [0.717, 1.165) is 12.1 Å². The highest BCUT2D eigenvalue weighted by Crippen LogP contribution is 2.32. The topological polar surface area (TPSA) is 134 Å². The number of carboxylic acid groups (broad SMARTS) is 1. The zero-order valence-electron chi connectivity index (χ0n) is 24.9. The monoisotopic (exact) mass is 626 g/mol. The summed E-state index contributed by atoms with van der Waals surface area (Å²) in [5.74, 6) is 0.533. The Morgan fingerprint density at radius 1 is 0.956 bits per heavy atom. The average molecular weight is 627 g/mol. The molecule has 0 saturated heterocycles. The highest BCUT2D eigenvalue weighted by molar-refractivity contribution is 5.78. The number of alkyl halides is 3. The minimum Gasteiger partial charge on any atom is -0.493 e. The van der Waals surface area contributed by atoms with E-state index in [1.165, 1.54) is 12.1 Å². The number of esters is 1. The maximum atomic E-state index is 12.8. The molecule has 0 amide bonds. The van der Waals surface area contributed by atoms with Gasteiger partial charge in [0.1, 0.15) is 29.1 Å². The third-order valence-electron chi connectivity index (χ3n) is 6.69. The molecule has 3 aromatic carbocycles. The number of hydrogen-bond donors (Lipinski definition) is 2. The Morgan fingerprint density at radius 2 is 1.58 bits per heavy atom. The van der Waals surface area contributed by atoms with Gasteiger partial charge in [0.05, 0.1) is 24.0 Å². The van der Waals surface area contributed by atoms with E-state index in [-0.39, 0.29) is 31.3 Å². The van der Waals surface area contributed by atoms with Crippen molar-refractivity contribution in [3.05, 3.63) is 94.9 Å². The standard InChI is InChI=1S/C33H33F3N2O7/c1-19(2)43-32(41)30(37)27-18-26(12-4-21(27)7-15-29(39)40)42-17-16-28-20(3)44-31(38-28)22-5-10-24(11-6-22)45-25-13-8-23(9-14-25)33(34,35)36/h4-6,8-14,18-19,30H,7,15-17,37H2,1-3H3,(H,39,40). The van der Waals surface area contributed by atoms with Gasteiger partial charge in [0.25, 0.3) is 0 Å². The number of ether oxygens (including phenoxy) is 3. The molecule has 0 saturated carbocycles. The Bertz CT molecular complexity index is 1620. The largest absolute Gasteiger partial charge is 0.493 e. The van der Waals surface area contributed by atoms with Crippen LogP contribution in [0.2, 0.25) is 0 Å². The minimum atomic E-state index is -4.42. The van der Waals surface area contributed by atoms with Gasteiger partial charge in [0.2, 0.25) is 5.89 Å². The number of nitrogens with two attached hydrogens (primary N) is 1. The number of carboxylic acids is 1. The molecule has 1 atom stereocenters. The third kappa shape index (κ3) is 9.08. The molecule has 0 radical (unpaired) electrons. The summed E-state index contributed by atoms with van der Waals surface area (Å²) < 4.78 is 61.0. The predicted octanol–water partition coefficient (Wildman–Crippen LogP) is 7.05. The summed E-state index contributed by atoms with van der Waals surface area (Å²) in [4.78, 5) is 28.2. The van der Waals surface area contributed by atoms with Gasteiger partial charge in [0, 0.05) is 18.4 Å². The zero-order valence-corrected chi connectivity index (χ0v) is 24.9. The van der Waals surface area contributed by atoms with Gasteiger partial charge in [-0.05, 0) is 99.0 Å². The van der Waals surface area contributed by atoms with Gasteiger partial charge in [-0.1, -0.05) is 6.07 Å². The first-order valence-electron chi connectivity index (χ1n) is 14.2. The number of aryl methyl sites for hydroxylation is 2. The number of nitrogens with zero attached hydrogens (tertiary/aromatic N) is 1. The zero-order chi connectivity index (χ0) is 32.7. The molecule has 0 aliphatic carbocycles. The van der Waals surface area contributed by atoms with Crippen LogP contribution in [0.25, 0.3) is 11.5 Å². The molecule has 9 nitrogen and oxygen atoms in total. The molecule has 0 spiro atoms. The third-order valence-corrected chi connectivity index (χ3v) is 6.69. The lowest BCUT2D eigenvalue weighted by Crippen LogP contribution is -2.27. The first kappa shape index (κ1) is 33.1. The van der Waals surface area contributed by atoms with Crippen molar-refractivity contribution in [2.24, 2.45) is 5.73 Å². The van der Waals surface area contributed by atoms with Gasteiger partial charge in [-0.2, -0.15) is 13.2 Å². The van der Waals surface area contributed by atoms with E-state index in [4.69, 9.17) is 29.5 Å². The minimum absolute atomic E-state index is 0.123. The maximum Gasteiger partial charge on any atom is 0.416 e. The molecule has 4 aromatic rings. The number of rotatable bonds is 13. The van der Waals surface area contributed by atoms with Gasteiger partial charge in [0.15, 0.2) is 0 Å². The summed E-state index contributed by atoms with van der Waals surface area (Å²) >= 11 is 0. The van der Waals surface area contributed by atoms with E-state index in [9.17, 15) is 22.8 Å². The number of hydrogen-bond acceptors (Lipinski definition) is 8. The molecule has 0 bridgehead atoms. The molecule has 4 rings (SSSR count). The Labute approximate surface area is 257 Å². The van der Waals surface area contributed by atoms with Crippen molar-refractivity contribution in [2.75, 3.05) is 6.61 Å². The van der Waals surface area contributed by atoms with Crippen LogP contribution in [-0.4, -0.2) is 34.7 Å². The van der Waals surface area contributed by atoms with Gasteiger partial charge in [-0.15, -0.1) is 0 Å². The second kappa shape index (κ2) is 14.3. The first-order valence-corrected chi connectivity index (χ1v) is 14.2. The summed E-state index contributed by atoms with van der Waals surface area (Å²) in [6.45, 7) is 5.43. The van der Waals surface area contributed by atoms with Crippen molar-refractivity contribution in [3.63, 3.8) is 0 Å². The van der Waals surface area contributed by atoms with Gasteiger partial charge in [-0.25, -0.2) is 9.78 Å². The summed E-state index contributed by atoms with van der Waals surface area (Å²) in [6, 6.07) is 15.1. The van der Waals surface area contributed by atoms with Crippen LogP contribution in [0.3, 0.4) is 0 Å². The fourth-order valence-electron chi connectivity index (χ4n) is 4.42. The van der Waals surface area contributed by atoms with Crippen molar-refractivity contribution in [2.45, 2.75) is 58.4 Å².